The predicted octanol–water partition coefficient (Wildman–Crippen LogP) is 2.48. The van der Waals surface area contributed by atoms with Crippen LogP contribution in [0, 0.1) is 11.7 Å². The summed E-state index contributed by atoms with van der Waals surface area (Å²) in [6.07, 6.45) is 2.88. The molecule has 0 aromatic heterocycles. The van der Waals surface area contributed by atoms with Crippen molar-refractivity contribution in [3.05, 3.63) is 35.6 Å². The number of hydrogen-bond acceptors (Lipinski definition) is 2. The molecule has 2 saturated heterocycles. The van der Waals surface area contributed by atoms with E-state index in [1.165, 1.54) is 12.1 Å². The molecule has 2 fully saturated rings. The third-order valence-corrected chi connectivity index (χ3v) is 4.85. The van der Waals surface area contributed by atoms with Gasteiger partial charge in [-0.15, -0.1) is 0 Å². The highest BCUT2D eigenvalue weighted by molar-refractivity contribution is 5.73. The maximum absolute atomic E-state index is 13.0. The number of nitrogens with zero attached hydrogens (tertiary/aromatic N) is 1. The topological polar surface area (TPSA) is 40.5 Å². The minimum absolute atomic E-state index is 0.00630. The molecule has 0 aliphatic carbocycles. The Morgan fingerprint density at radius 2 is 2.00 bits per heavy atom. The van der Waals surface area contributed by atoms with E-state index in [1.807, 2.05) is 7.05 Å². The highest BCUT2D eigenvalue weighted by Crippen LogP contribution is 2.46. The Morgan fingerprint density at radius 1 is 1.32 bits per heavy atom. The number of carboxylic acid groups (broad SMARTS) is 1. The first-order valence-electron chi connectivity index (χ1n) is 6.78. The van der Waals surface area contributed by atoms with Crippen LogP contribution in [0.2, 0.25) is 0 Å². The number of rotatable bonds is 2. The van der Waals surface area contributed by atoms with Gasteiger partial charge in [0, 0.05) is 18.0 Å². The first-order valence-corrected chi connectivity index (χ1v) is 6.78. The molecule has 0 radical (unpaired) electrons. The molecule has 4 atom stereocenters. The van der Waals surface area contributed by atoms with E-state index in [1.54, 1.807) is 12.1 Å². The van der Waals surface area contributed by atoms with Gasteiger partial charge in [-0.1, -0.05) is 12.1 Å². The lowest BCUT2D eigenvalue weighted by atomic mass is 9.76. The fourth-order valence-electron chi connectivity index (χ4n) is 3.86. The molecule has 3 rings (SSSR count). The van der Waals surface area contributed by atoms with Gasteiger partial charge in [0.05, 0.1) is 5.92 Å². The van der Waals surface area contributed by atoms with E-state index in [9.17, 15) is 14.3 Å². The molecule has 1 aromatic carbocycles. The van der Waals surface area contributed by atoms with E-state index in [4.69, 9.17) is 0 Å². The highest BCUT2D eigenvalue weighted by Gasteiger charge is 2.49. The third kappa shape index (κ3) is 2.04. The standard InChI is InChI=1S/C15H18FNO2/c1-17-11-6-7-13(17)14(15(18)19)12(8-11)9-2-4-10(16)5-3-9/h2-5,11-14H,6-8H2,1H3,(H,18,19)/t11-,12-,13?,14?/m1/s1. The summed E-state index contributed by atoms with van der Waals surface area (Å²) >= 11 is 0. The van der Waals surface area contributed by atoms with Crippen molar-refractivity contribution in [1.29, 1.82) is 0 Å². The smallest absolute Gasteiger partial charge is 0.308 e. The molecule has 2 aliphatic rings. The second kappa shape index (κ2) is 4.60. The quantitative estimate of drug-likeness (QED) is 0.891. The lowest BCUT2D eigenvalue weighted by Gasteiger charge is -2.41. The first kappa shape index (κ1) is 12.6. The summed E-state index contributed by atoms with van der Waals surface area (Å²) in [6, 6.07) is 6.91. The molecule has 1 N–H and O–H groups in total. The van der Waals surface area contributed by atoms with E-state index in [-0.39, 0.29) is 23.7 Å². The van der Waals surface area contributed by atoms with E-state index >= 15 is 0 Å². The van der Waals surface area contributed by atoms with Crippen molar-refractivity contribution in [2.75, 3.05) is 7.05 Å². The van der Waals surface area contributed by atoms with Crippen molar-refractivity contribution in [3.8, 4) is 0 Å². The van der Waals surface area contributed by atoms with Gasteiger partial charge >= 0.3 is 5.97 Å². The second-order valence-corrected chi connectivity index (χ2v) is 5.72. The molecular weight excluding hydrogens is 245 g/mol. The third-order valence-electron chi connectivity index (χ3n) is 4.85. The van der Waals surface area contributed by atoms with Crippen molar-refractivity contribution in [3.63, 3.8) is 0 Å². The monoisotopic (exact) mass is 263 g/mol. The Labute approximate surface area is 112 Å². The lowest BCUT2D eigenvalue weighted by Crippen LogP contribution is -2.48. The van der Waals surface area contributed by atoms with Gasteiger partial charge in [0.2, 0.25) is 0 Å². The number of carboxylic acids is 1. The van der Waals surface area contributed by atoms with Crippen LogP contribution < -0.4 is 0 Å². The molecule has 3 nitrogen and oxygen atoms in total. The highest BCUT2D eigenvalue weighted by atomic mass is 19.1. The average Bonchev–Trinajstić information content (AvgIpc) is 2.63. The molecule has 0 spiro atoms. The van der Waals surface area contributed by atoms with Crippen LogP contribution >= 0.6 is 0 Å². The van der Waals surface area contributed by atoms with Crippen LogP contribution in [0.3, 0.4) is 0 Å². The number of aliphatic carboxylic acids is 1. The molecule has 2 bridgehead atoms. The van der Waals surface area contributed by atoms with Crippen LogP contribution in [0.4, 0.5) is 4.39 Å². The average molecular weight is 263 g/mol. The Hall–Kier alpha value is -1.42. The van der Waals surface area contributed by atoms with E-state index in [0.29, 0.717) is 6.04 Å². The van der Waals surface area contributed by atoms with E-state index in [0.717, 1.165) is 24.8 Å². The zero-order valence-corrected chi connectivity index (χ0v) is 10.9. The zero-order chi connectivity index (χ0) is 13.6. The number of halogens is 1. The molecule has 1 aromatic rings. The van der Waals surface area contributed by atoms with Crippen LogP contribution in [0.15, 0.2) is 24.3 Å². The number of carbonyl (C=O) groups is 1. The minimum Gasteiger partial charge on any atom is -0.481 e. The van der Waals surface area contributed by atoms with Gasteiger partial charge < -0.3 is 5.11 Å². The van der Waals surface area contributed by atoms with Crippen molar-refractivity contribution in [2.45, 2.75) is 37.3 Å². The lowest BCUT2D eigenvalue weighted by molar-refractivity contribution is -0.146. The molecular formula is C15H18FNO2. The van der Waals surface area contributed by atoms with Crippen molar-refractivity contribution >= 4 is 5.97 Å². The molecule has 4 heteroatoms. The summed E-state index contributed by atoms with van der Waals surface area (Å²) in [5.74, 6) is -1.38. The van der Waals surface area contributed by atoms with Gasteiger partial charge in [-0.05, 0) is 44.0 Å². The van der Waals surface area contributed by atoms with Crippen molar-refractivity contribution in [2.24, 2.45) is 5.92 Å². The van der Waals surface area contributed by atoms with E-state index < -0.39 is 5.97 Å². The second-order valence-electron chi connectivity index (χ2n) is 5.72. The fourth-order valence-corrected chi connectivity index (χ4v) is 3.86. The summed E-state index contributed by atoms with van der Waals surface area (Å²) in [7, 11) is 2.03. The minimum atomic E-state index is -0.730. The Morgan fingerprint density at radius 3 is 2.63 bits per heavy atom. The molecule has 2 heterocycles. The molecule has 19 heavy (non-hydrogen) atoms. The van der Waals surface area contributed by atoms with Crippen LogP contribution in [0.5, 0.6) is 0 Å². The Balaban J connectivity index is 1.95. The van der Waals surface area contributed by atoms with Gasteiger partial charge in [-0.25, -0.2) is 4.39 Å². The maximum Gasteiger partial charge on any atom is 0.308 e. The maximum atomic E-state index is 13.0. The van der Waals surface area contributed by atoms with Crippen LogP contribution in [-0.4, -0.2) is 35.1 Å². The largest absolute Gasteiger partial charge is 0.481 e. The molecule has 0 saturated carbocycles. The number of hydrogen-bond donors (Lipinski definition) is 1. The van der Waals surface area contributed by atoms with Crippen molar-refractivity contribution < 1.29 is 14.3 Å². The van der Waals surface area contributed by atoms with E-state index in [2.05, 4.69) is 4.90 Å². The summed E-state index contributed by atoms with van der Waals surface area (Å²) in [4.78, 5) is 13.9. The van der Waals surface area contributed by atoms with Gasteiger partial charge in [0.1, 0.15) is 5.82 Å². The molecule has 102 valence electrons. The first-order chi connectivity index (χ1) is 9.08. The summed E-state index contributed by atoms with van der Waals surface area (Å²) < 4.78 is 13.0. The summed E-state index contributed by atoms with van der Waals surface area (Å²) in [6.45, 7) is 0. The molecule has 2 aliphatic heterocycles. The number of fused-ring (bicyclic) bond motifs is 2. The molecule has 0 amide bonds. The van der Waals surface area contributed by atoms with Crippen molar-refractivity contribution in [1.82, 2.24) is 4.90 Å². The molecule has 2 unspecified atom stereocenters. The predicted molar refractivity (Wildman–Crippen MR) is 69.5 cm³/mol. The van der Waals surface area contributed by atoms with Gasteiger partial charge in [0.15, 0.2) is 0 Å². The number of piperidine rings is 1. The van der Waals surface area contributed by atoms with Gasteiger partial charge in [0.25, 0.3) is 0 Å². The normalized spacial score (nSPS) is 34.4. The fraction of sp³-hybridized carbons (Fsp3) is 0.533. The van der Waals surface area contributed by atoms with Gasteiger partial charge in [-0.2, -0.15) is 0 Å². The van der Waals surface area contributed by atoms with Crippen LogP contribution in [0.25, 0.3) is 0 Å². The van der Waals surface area contributed by atoms with Crippen LogP contribution in [0.1, 0.15) is 30.7 Å². The Kier molecular flexibility index (Phi) is 3.05. The van der Waals surface area contributed by atoms with Gasteiger partial charge in [-0.3, -0.25) is 9.69 Å². The SMILES string of the molecule is CN1C2CC[C@@H]1C[C@H](c1ccc(F)cc1)C2C(=O)O. The zero-order valence-electron chi connectivity index (χ0n) is 10.9. The summed E-state index contributed by atoms with van der Waals surface area (Å²) in [5, 5.41) is 9.56. The summed E-state index contributed by atoms with van der Waals surface area (Å²) in [5.41, 5.74) is 0.957. The number of benzene rings is 1. The van der Waals surface area contributed by atoms with Crippen LogP contribution in [-0.2, 0) is 4.79 Å². The Bertz CT molecular complexity index is 487.